The summed E-state index contributed by atoms with van der Waals surface area (Å²) in [5.74, 6) is -1.13. The Bertz CT molecular complexity index is 393. The van der Waals surface area contributed by atoms with Crippen LogP contribution in [0.1, 0.15) is 31.0 Å². The molecule has 0 aliphatic rings. The van der Waals surface area contributed by atoms with E-state index in [4.69, 9.17) is 10.5 Å². The van der Waals surface area contributed by atoms with Crippen LogP contribution in [-0.2, 0) is 4.74 Å². The van der Waals surface area contributed by atoms with Gasteiger partial charge in [-0.2, -0.15) is 0 Å². The summed E-state index contributed by atoms with van der Waals surface area (Å²) in [5, 5.41) is 0. The largest absolute Gasteiger partial charge is 0.379 e. The Morgan fingerprint density at radius 2 is 1.82 bits per heavy atom. The van der Waals surface area contributed by atoms with Crippen LogP contribution in [0, 0.1) is 24.5 Å². The predicted octanol–water partition coefficient (Wildman–Crippen LogP) is 2.94. The van der Waals surface area contributed by atoms with Crippen molar-refractivity contribution >= 4 is 0 Å². The molecule has 2 nitrogen and oxygen atoms in total. The molecule has 0 aliphatic heterocycles. The molecular formula is C13H19F2NO. The van der Waals surface area contributed by atoms with Crippen LogP contribution >= 0.6 is 0 Å². The average Bonchev–Trinajstić information content (AvgIpc) is 2.24. The quantitative estimate of drug-likeness (QED) is 0.882. The van der Waals surface area contributed by atoms with Gasteiger partial charge in [-0.05, 0) is 24.5 Å². The third kappa shape index (κ3) is 2.82. The molecule has 96 valence electrons. The lowest BCUT2D eigenvalue weighted by molar-refractivity contribution is 0.0418. The van der Waals surface area contributed by atoms with Gasteiger partial charge < -0.3 is 10.5 Å². The summed E-state index contributed by atoms with van der Waals surface area (Å²) in [7, 11) is 1.50. The second-order valence-electron chi connectivity index (χ2n) is 4.56. The first-order chi connectivity index (χ1) is 7.90. The number of hydrogen-bond donors (Lipinski definition) is 1. The fourth-order valence-electron chi connectivity index (χ4n) is 1.98. The molecule has 2 unspecified atom stereocenters. The van der Waals surface area contributed by atoms with Crippen LogP contribution in [0.25, 0.3) is 0 Å². The first-order valence-electron chi connectivity index (χ1n) is 5.63. The highest BCUT2D eigenvalue weighted by Crippen LogP contribution is 2.28. The maximum absolute atomic E-state index is 13.9. The van der Waals surface area contributed by atoms with E-state index >= 15 is 0 Å². The number of ether oxygens (including phenoxy) is 1. The van der Waals surface area contributed by atoms with Crippen molar-refractivity contribution in [2.75, 3.05) is 7.11 Å². The zero-order valence-corrected chi connectivity index (χ0v) is 10.6. The minimum atomic E-state index is -0.806. The predicted molar refractivity (Wildman–Crippen MR) is 63.7 cm³/mol. The smallest absolute Gasteiger partial charge is 0.133 e. The minimum absolute atomic E-state index is 0.0781. The Labute approximate surface area is 101 Å². The summed E-state index contributed by atoms with van der Waals surface area (Å²) >= 11 is 0. The maximum atomic E-state index is 13.9. The SMILES string of the molecule is COC(C(C)C)C(N)c1c(F)ccc(C)c1F. The Morgan fingerprint density at radius 3 is 2.29 bits per heavy atom. The molecule has 0 heterocycles. The first kappa shape index (κ1) is 14.1. The van der Waals surface area contributed by atoms with Gasteiger partial charge in [-0.25, -0.2) is 8.78 Å². The summed E-state index contributed by atoms with van der Waals surface area (Å²) in [5.41, 5.74) is 6.21. The monoisotopic (exact) mass is 243 g/mol. The van der Waals surface area contributed by atoms with Gasteiger partial charge in [0, 0.05) is 12.7 Å². The molecule has 2 N–H and O–H groups in total. The highest BCUT2D eigenvalue weighted by molar-refractivity contribution is 5.29. The number of halogens is 2. The van der Waals surface area contributed by atoms with Crippen LogP contribution < -0.4 is 5.73 Å². The van der Waals surface area contributed by atoms with Gasteiger partial charge in [-0.15, -0.1) is 0 Å². The molecule has 0 fully saturated rings. The van der Waals surface area contributed by atoms with Crippen molar-refractivity contribution < 1.29 is 13.5 Å². The molecular weight excluding hydrogens is 224 g/mol. The zero-order valence-electron chi connectivity index (χ0n) is 10.6. The van der Waals surface area contributed by atoms with Crippen LogP contribution in [0.5, 0.6) is 0 Å². The Balaban J connectivity index is 3.19. The summed E-state index contributed by atoms with van der Waals surface area (Å²) in [6.07, 6.45) is -0.416. The van der Waals surface area contributed by atoms with Gasteiger partial charge >= 0.3 is 0 Å². The van der Waals surface area contributed by atoms with Gasteiger partial charge in [0.25, 0.3) is 0 Å². The van der Waals surface area contributed by atoms with Gasteiger partial charge in [0.05, 0.1) is 12.1 Å². The first-order valence-corrected chi connectivity index (χ1v) is 5.63. The molecule has 0 amide bonds. The van der Waals surface area contributed by atoms with E-state index in [0.29, 0.717) is 5.56 Å². The fourth-order valence-corrected chi connectivity index (χ4v) is 1.98. The molecule has 0 saturated carbocycles. The van der Waals surface area contributed by atoms with Crippen LogP contribution in [0.2, 0.25) is 0 Å². The van der Waals surface area contributed by atoms with E-state index in [9.17, 15) is 8.78 Å². The molecule has 1 aromatic rings. The van der Waals surface area contributed by atoms with Crippen molar-refractivity contribution in [3.8, 4) is 0 Å². The number of hydrogen-bond acceptors (Lipinski definition) is 2. The Kier molecular flexibility index (Phi) is 4.60. The zero-order chi connectivity index (χ0) is 13.2. The second-order valence-corrected chi connectivity index (χ2v) is 4.56. The Morgan fingerprint density at radius 1 is 1.24 bits per heavy atom. The molecule has 17 heavy (non-hydrogen) atoms. The number of aryl methyl sites for hydroxylation is 1. The maximum Gasteiger partial charge on any atom is 0.133 e. The third-order valence-electron chi connectivity index (χ3n) is 2.94. The summed E-state index contributed by atoms with van der Waals surface area (Å²) in [4.78, 5) is 0. The number of rotatable bonds is 4. The fraction of sp³-hybridized carbons (Fsp3) is 0.538. The van der Waals surface area contributed by atoms with Gasteiger partial charge in [0.15, 0.2) is 0 Å². The van der Waals surface area contributed by atoms with Crippen LogP contribution in [0.15, 0.2) is 12.1 Å². The minimum Gasteiger partial charge on any atom is -0.379 e. The summed E-state index contributed by atoms with van der Waals surface area (Å²) in [6, 6.07) is 1.83. The highest BCUT2D eigenvalue weighted by Gasteiger charge is 2.28. The van der Waals surface area contributed by atoms with Crippen molar-refractivity contribution in [2.45, 2.75) is 32.9 Å². The molecule has 0 aliphatic carbocycles. The number of nitrogens with two attached hydrogens (primary N) is 1. The third-order valence-corrected chi connectivity index (χ3v) is 2.94. The lowest BCUT2D eigenvalue weighted by Gasteiger charge is -2.27. The van der Waals surface area contributed by atoms with Crippen molar-refractivity contribution in [1.82, 2.24) is 0 Å². The van der Waals surface area contributed by atoms with Crippen molar-refractivity contribution in [2.24, 2.45) is 11.7 Å². The standard InChI is InChI=1S/C13H19F2NO/c1-7(2)13(17-4)12(16)10-9(14)6-5-8(3)11(10)15/h5-7,12-13H,16H2,1-4H3. The number of benzene rings is 1. The van der Waals surface area contributed by atoms with Crippen molar-refractivity contribution in [3.63, 3.8) is 0 Å². The number of methoxy groups -OCH3 is 1. The summed E-state index contributed by atoms with van der Waals surface area (Å²) < 4.78 is 32.8. The lowest BCUT2D eigenvalue weighted by atomic mass is 9.92. The van der Waals surface area contributed by atoms with Gasteiger partial charge in [-0.3, -0.25) is 0 Å². The topological polar surface area (TPSA) is 35.2 Å². The normalized spacial score (nSPS) is 15.1. The van der Waals surface area contributed by atoms with E-state index in [1.807, 2.05) is 13.8 Å². The highest BCUT2D eigenvalue weighted by atomic mass is 19.1. The molecule has 0 saturated heterocycles. The van der Waals surface area contributed by atoms with E-state index in [1.54, 1.807) is 6.92 Å². The molecule has 1 aromatic carbocycles. The average molecular weight is 243 g/mol. The van der Waals surface area contributed by atoms with E-state index in [-0.39, 0.29) is 11.5 Å². The second kappa shape index (κ2) is 5.56. The lowest BCUT2D eigenvalue weighted by Crippen LogP contribution is -2.34. The Hall–Kier alpha value is -1.00. The molecule has 0 aromatic heterocycles. The van der Waals surface area contributed by atoms with Crippen molar-refractivity contribution in [3.05, 3.63) is 34.9 Å². The molecule has 0 radical (unpaired) electrons. The van der Waals surface area contributed by atoms with E-state index in [2.05, 4.69) is 0 Å². The van der Waals surface area contributed by atoms with Crippen LogP contribution in [-0.4, -0.2) is 13.2 Å². The van der Waals surface area contributed by atoms with E-state index in [0.717, 1.165) is 0 Å². The van der Waals surface area contributed by atoms with Crippen molar-refractivity contribution in [1.29, 1.82) is 0 Å². The van der Waals surface area contributed by atoms with E-state index in [1.165, 1.54) is 19.2 Å². The van der Waals surface area contributed by atoms with Gasteiger partial charge in [0.2, 0.25) is 0 Å². The van der Waals surface area contributed by atoms with E-state index < -0.39 is 23.8 Å². The summed E-state index contributed by atoms with van der Waals surface area (Å²) in [6.45, 7) is 5.39. The van der Waals surface area contributed by atoms with Gasteiger partial charge in [-0.1, -0.05) is 19.9 Å². The van der Waals surface area contributed by atoms with Crippen LogP contribution in [0.4, 0.5) is 8.78 Å². The molecule has 1 rings (SSSR count). The molecule has 2 atom stereocenters. The van der Waals surface area contributed by atoms with Crippen LogP contribution in [0.3, 0.4) is 0 Å². The molecule has 4 heteroatoms. The molecule has 0 bridgehead atoms. The molecule has 0 spiro atoms. The van der Waals surface area contributed by atoms with Gasteiger partial charge in [0.1, 0.15) is 11.6 Å².